The van der Waals surface area contributed by atoms with Gasteiger partial charge in [0.05, 0.1) is 16.0 Å². The van der Waals surface area contributed by atoms with Crippen LogP contribution < -0.4 is 4.90 Å². The molecule has 0 aliphatic carbocycles. The second-order valence-electron chi connectivity index (χ2n) is 5.40. The molecule has 0 amide bonds. The van der Waals surface area contributed by atoms with Gasteiger partial charge in [-0.1, -0.05) is 11.6 Å². The number of nitro groups is 1. The lowest BCUT2D eigenvalue weighted by Gasteiger charge is -2.41. The maximum absolute atomic E-state index is 10.7. The average Bonchev–Trinajstić information content (AvgIpc) is 2.47. The zero-order chi connectivity index (χ0) is 15.6. The molecule has 0 N–H and O–H groups in total. The summed E-state index contributed by atoms with van der Waals surface area (Å²) in [6.45, 7) is 6.57. The first-order valence-corrected chi connectivity index (χ1v) is 6.94. The van der Waals surface area contributed by atoms with E-state index < -0.39 is 10.5 Å². The SMILES string of the molecule is CC(C)(C#N)N1CCN(c2ncc([N+](=O)[O-])cc2Cl)CC1. The number of aromatic nitrogens is 1. The molecule has 1 saturated heterocycles. The number of pyridine rings is 1. The lowest BCUT2D eigenvalue weighted by atomic mass is 10.0. The highest BCUT2D eigenvalue weighted by atomic mass is 35.5. The summed E-state index contributed by atoms with van der Waals surface area (Å²) in [5, 5.41) is 20.1. The van der Waals surface area contributed by atoms with Crippen molar-refractivity contribution >= 4 is 23.1 Å². The van der Waals surface area contributed by atoms with Crippen molar-refractivity contribution in [1.29, 1.82) is 5.26 Å². The minimum absolute atomic E-state index is 0.118. The number of piperazine rings is 1. The minimum atomic E-state index is -0.518. The van der Waals surface area contributed by atoms with E-state index in [-0.39, 0.29) is 10.7 Å². The molecule has 0 unspecified atom stereocenters. The average molecular weight is 310 g/mol. The van der Waals surface area contributed by atoms with Crippen molar-refractivity contribution in [2.24, 2.45) is 0 Å². The third-order valence-corrected chi connectivity index (χ3v) is 3.94. The molecule has 0 radical (unpaired) electrons. The molecular weight excluding hydrogens is 294 g/mol. The number of anilines is 1. The summed E-state index contributed by atoms with van der Waals surface area (Å²) in [7, 11) is 0. The Morgan fingerprint density at radius 1 is 1.43 bits per heavy atom. The molecule has 1 aliphatic heterocycles. The van der Waals surface area contributed by atoms with Gasteiger partial charge in [0, 0.05) is 32.2 Å². The van der Waals surface area contributed by atoms with Gasteiger partial charge in [0.1, 0.15) is 17.6 Å². The third kappa shape index (κ3) is 3.23. The number of hydrogen-bond donors (Lipinski definition) is 0. The van der Waals surface area contributed by atoms with E-state index in [9.17, 15) is 10.1 Å². The number of nitrogens with zero attached hydrogens (tertiary/aromatic N) is 5. The molecule has 0 aromatic carbocycles. The van der Waals surface area contributed by atoms with Crippen LogP contribution in [0.3, 0.4) is 0 Å². The zero-order valence-electron chi connectivity index (χ0n) is 11.9. The van der Waals surface area contributed by atoms with Crippen molar-refractivity contribution in [3.8, 4) is 6.07 Å². The Labute approximate surface area is 127 Å². The lowest BCUT2D eigenvalue weighted by Crippen LogP contribution is -2.54. The Bertz CT molecular complexity index is 591. The summed E-state index contributed by atoms with van der Waals surface area (Å²) in [4.78, 5) is 18.3. The second kappa shape index (κ2) is 5.84. The summed E-state index contributed by atoms with van der Waals surface area (Å²) >= 11 is 6.09. The van der Waals surface area contributed by atoms with E-state index in [1.54, 1.807) is 0 Å². The standard InChI is InChI=1S/C13H16ClN5O2/c1-13(2,9-15)18-5-3-17(4-6-18)12-11(14)7-10(8-16-12)19(20)21/h7-8H,3-6H2,1-2H3. The van der Waals surface area contributed by atoms with Gasteiger partial charge in [0.2, 0.25) is 0 Å². The van der Waals surface area contributed by atoms with Gasteiger partial charge in [-0.3, -0.25) is 15.0 Å². The van der Waals surface area contributed by atoms with Gasteiger partial charge >= 0.3 is 0 Å². The molecule has 21 heavy (non-hydrogen) atoms. The normalized spacial score (nSPS) is 16.6. The fraction of sp³-hybridized carbons (Fsp3) is 0.538. The summed E-state index contributed by atoms with van der Waals surface area (Å²) in [6.07, 6.45) is 1.22. The van der Waals surface area contributed by atoms with Gasteiger partial charge in [-0.25, -0.2) is 4.98 Å². The fourth-order valence-electron chi connectivity index (χ4n) is 2.30. The van der Waals surface area contributed by atoms with E-state index in [1.807, 2.05) is 18.7 Å². The fourth-order valence-corrected chi connectivity index (χ4v) is 2.58. The van der Waals surface area contributed by atoms with Crippen molar-refractivity contribution in [3.05, 3.63) is 27.4 Å². The van der Waals surface area contributed by atoms with Crippen molar-refractivity contribution in [1.82, 2.24) is 9.88 Å². The Morgan fingerprint density at radius 2 is 2.05 bits per heavy atom. The second-order valence-corrected chi connectivity index (χ2v) is 5.81. The van der Waals surface area contributed by atoms with Crippen LogP contribution >= 0.6 is 11.6 Å². The Kier molecular flexibility index (Phi) is 4.30. The van der Waals surface area contributed by atoms with Gasteiger partial charge in [-0.15, -0.1) is 0 Å². The van der Waals surface area contributed by atoms with Crippen molar-refractivity contribution in [2.75, 3.05) is 31.1 Å². The molecule has 2 heterocycles. The van der Waals surface area contributed by atoms with E-state index in [4.69, 9.17) is 16.9 Å². The molecule has 0 bridgehead atoms. The van der Waals surface area contributed by atoms with Crippen LogP contribution in [0.25, 0.3) is 0 Å². The number of halogens is 1. The highest BCUT2D eigenvalue weighted by Crippen LogP contribution is 2.28. The maximum Gasteiger partial charge on any atom is 0.289 e. The molecule has 0 saturated carbocycles. The molecular formula is C13H16ClN5O2. The Morgan fingerprint density at radius 3 is 2.52 bits per heavy atom. The zero-order valence-corrected chi connectivity index (χ0v) is 12.7. The predicted molar refractivity (Wildman–Crippen MR) is 79.4 cm³/mol. The highest BCUT2D eigenvalue weighted by Gasteiger charge is 2.30. The van der Waals surface area contributed by atoms with E-state index in [0.717, 1.165) is 13.1 Å². The molecule has 2 rings (SSSR count). The predicted octanol–water partition coefficient (Wildman–Crippen LogP) is 2.07. The van der Waals surface area contributed by atoms with Gasteiger partial charge in [-0.05, 0) is 13.8 Å². The van der Waals surface area contributed by atoms with Crippen LogP contribution in [0.2, 0.25) is 5.02 Å². The van der Waals surface area contributed by atoms with Gasteiger partial charge in [0.15, 0.2) is 0 Å². The highest BCUT2D eigenvalue weighted by molar-refractivity contribution is 6.33. The number of hydrogen-bond acceptors (Lipinski definition) is 6. The van der Waals surface area contributed by atoms with Crippen LogP contribution in [0.15, 0.2) is 12.3 Å². The maximum atomic E-state index is 10.7. The topological polar surface area (TPSA) is 86.3 Å². The first-order chi connectivity index (χ1) is 9.85. The largest absolute Gasteiger partial charge is 0.353 e. The molecule has 0 atom stereocenters. The molecule has 8 heteroatoms. The number of rotatable bonds is 3. The van der Waals surface area contributed by atoms with Gasteiger partial charge in [0.25, 0.3) is 5.69 Å². The molecule has 7 nitrogen and oxygen atoms in total. The van der Waals surface area contributed by atoms with E-state index in [0.29, 0.717) is 18.9 Å². The molecule has 0 spiro atoms. The summed E-state index contributed by atoms with van der Waals surface area (Å²) < 4.78 is 0. The van der Waals surface area contributed by atoms with Crippen LogP contribution in [-0.2, 0) is 0 Å². The summed E-state index contributed by atoms with van der Waals surface area (Å²) in [5.74, 6) is 0.552. The van der Waals surface area contributed by atoms with Gasteiger partial charge in [-0.2, -0.15) is 5.26 Å². The molecule has 112 valence electrons. The minimum Gasteiger partial charge on any atom is -0.353 e. The monoisotopic (exact) mass is 309 g/mol. The smallest absolute Gasteiger partial charge is 0.289 e. The number of nitriles is 1. The molecule has 1 fully saturated rings. The first-order valence-electron chi connectivity index (χ1n) is 6.56. The van der Waals surface area contributed by atoms with Crippen LogP contribution in [-0.4, -0.2) is 46.5 Å². The van der Waals surface area contributed by atoms with Gasteiger partial charge < -0.3 is 4.90 Å². The van der Waals surface area contributed by atoms with Crippen LogP contribution in [0.4, 0.5) is 11.5 Å². The van der Waals surface area contributed by atoms with E-state index in [1.165, 1.54) is 12.3 Å². The Hall–Kier alpha value is -1.91. The van der Waals surface area contributed by atoms with Crippen molar-refractivity contribution in [3.63, 3.8) is 0 Å². The van der Waals surface area contributed by atoms with Crippen LogP contribution in [0.1, 0.15) is 13.8 Å². The summed E-state index contributed by atoms with van der Waals surface area (Å²) in [5.41, 5.74) is -0.619. The molecule has 1 aromatic heterocycles. The first kappa shape index (κ1) is 15.5. The Balaban J connectivity index is 2.10. The van der Waals surface area contributed by atoms with Crippen molar-refractivity contribution in [2.45, 2.75) is 19.4 Å². The van der Waals surface area contributed by atoms with Crippen LogP contribution in [0.5, 0.6) is 0 Å². The lowest BCUT2D eigenvalue weighted by molar-refractivity contribution is -0.385. The summed E-state index contributed by atoms with van der Waals surface area (Å²) in [6, 6.07) is 3.60. The van der Waals surface area contributed by atoms with E-state index in [2.05, 4.69) is 16.0 Å². The van der Waals surface area contributed by atoms with E-state index >= 15 is 0 Å². The third-order valence-electron chi connectivity index (χ3n) is 3.66. The quantitative estimate of drug-likeness (QED) is 0.627. The van der Waals surface area contributed by atoms with Crippen molar-refractivity contribution < 1.29 is 4.92 Å². The van der Waals surface area contributed by atoms with Crippen LogP contribution in [0, 0.1) is 21.4 Å². The molecule has 1 aromatic rings. The molecule has 1 aliphatic rings.